The Labute approximate surface area is 205 Å². The molecule has 0 heterocycles. The average molecular weight is 528 g/mol. The van der Waals surface area contributed by atoms with Crippen LogP contribution in [0.5, 0.6) is 11.5 Å². The van der Waals surface area contributed by atoms with Crippen molar-refractivity contribution in [2.24, 2.45) is 5.10 Å². The van der Waals surface area contributed by atoms with E-state index in [0.717, 1.165) is 10.0 Å². The van der Waals surface area contributed by atoms with Gasteiger partial charge < -0.3 is 14.8 Å². The van der Waals surface area contributed by atoms with Crippen molar-refractivity contribution < 1.29 is 23.5 Å². The molecule has 0 saturated heterocycles. The van der Waals surface area contributed by atoms with Gasteiger partial charge in [0.1, 0.15) is 12.4 Å². The first kappa shape index (κ1) is 24.9. The summed E-state index contributed by atoms with van der Waals surface area (Å²) in [7, 11) is 1.54. The van der Waals surface area contributed by atoms with E-state index < -0.39 is 17.6 Å². The summed E-state index contributed by atoms with van der Waals surface area (Å²) in [6, 6.07) is 18.9. The van der Waals surface area contributed by atoms with Crippen LogP contribution in [0, 0.1) is 5.82 Å². The number of anilines is 1. The minimum Gasteiger partial charge on any atom is -0.493 e. The van der Waals surface area contributed by atoms with Crippen LogP contribution in [0.3, 0.4) is 0 Å². The fraction of sp³-hybridized carbons (Fsp3) is 0.160. The smallest absolute Gasteiger partial charge is 0.240 e. The number of para-hydroxylation sites is 1. The first-order valence-corrected chi connectivity index (χ1v) is 11.2. The Morgan fingerprint density at radius 1 is 1.00 bits per heavy atom. The Kier molecular flexibility index (Phi) is 9.16. The summed E-state index contributed by atoms with van der Waals surface area (Å²) in [5.74, 6) is -0.344. The Morgan fingerprint density at radius 3 is 2.47 bits per heavy atom. The first-order valence-electron chi connectivity index (χ1n) is 10.4. The zero-order chi connectivity index (χ0) is 24.3. The highest BCUT2D eigenvalue weighted by atomic mass is 79.9. The number of carbonyl (C=O) groups is 2. The molecule has 3 aromatic carbocycles. The molecule has 2 N–H and O–H groups in total. The molecule has 34 heavy (non-hydrogen) atoms. The van der Waals surface area contributed by atoms with E-state index in [-0.39, 0.29) is 18.5 Å². The molecule has 0 atom stereocenters. The van der Waals surface area contributed by atoms with Crippen LogP contribution in [0.4, 0.5) is 10.1 Å². The van der Waals surface area contributed by atoms with Crippen LogP contribution in [0.2, 0.25) is 0 Å². The molecule has 7 nitrogen and oxygen atoms in total. The number of nitrogens with one attached hydrogen (secondary N) is 2. The van der Waals surface area contributed by atoms with Gasteiger partial charge >= 0.3 is 0 Å². The zero-order valence-electron chi connectivity index (χ0n) is 18.4. The van der Waals surface area contributed by atoms with E-state index in [2.05, 4.69) is 31.8 Å². The van der Waals surface area contributed by atoms with Crippen LogP contribution in [-0.2, 0) is 16.2 Å². The zero-order valence-corrected chi connectivity index (χ0v) is 20.0. The summed E-state index contributed by atoms with van der Waals surface area (Å²) in [4.78, 5) is 23.9. The molecule has 0 bridgehead atoms. The molecular weight excluding hydrogens is 505 g/mol. The van der Waals surface area contributed by atoms with E-state index in [1.165, 1.54) is 31.5 Å². The van der Waals surface area contributed by atoms with E-state index in [4.69, 9.17) is 9.47 Å². The van der Waals surface area contributed by atoms with Gasteiger partial charge in [-0.15, -0.1) is 0 Å². The quantitative estimate of drug-likeness (QED) is 0.285. The van der Waals surface area contributed by atoms with Gasteiger partial charge in [-0.3, -0.25) is 9.59 Å². The topological polar surface area (TPSA) is 89.0 Å². The lowest BCUT2D eigenvalue weighted by molar-refractivity contribution is -0.124. The second-order valence-electron chi connectivity index (χ2n) is 7.15. The summed E-state index contributed by atoms with van der Waals surface area (Å²) in [6.07, 6.45) is 1.26. The van der Waals surface area contributed by atoms with E-state index >= 15 is 0 Å². The molecule has 176 valence electrons. The van der Waals surface area contributed by atoms with Gasteiger partial charge in [0, 0.05) is 17.3 Å². The Hall–Kier alpha value is -3.72. The fourth-order valence-corrected chi connectivity index (χ4v) is 3.13. The monoisotopic (exact) mass is 527 g/mol. The number of rotatable bonds is 10. The highest BCUT2D eigenvalue weighted by molar-refractivity contribution is 9.10. The number of hydrogen-bond acceptors (Lipinski definition) is 5. The lowest BCUT2D eigenvalue weighted by Gasteiger charge is -2.11. The summed E-state index contributed by atoms with van der Waals surface area (Å²) in [5, 5.41) is 6.34. The van der Waals surface area contributed by atoms with Gasteiger partial charge in [-0.1, -0.05) is 40.2 Å². The lowest BCUT2D eigenvalue weighted by atomic mass is 10.2. The fourth-order valence-electron chi connectivity index (χ4n) is 2.86. The van der Waals surface area contributed by atoms with Gasteiger partial charge in [-0.05, 0) is 53.6 Å². The van der Waals surface area contributed by atoms with Gasteiger partial charge in [0.15, 0.2) is 11.5 Å². The standard InChI is InChI=1S/C25H23BrFN3O4/c1-33-23-14-18(8-11-22(23)34-16-17-6-9-19(26)10-7-17)15-28-30-25(32)13-12-24(31)29-21-5-3-2-4-20(21)27/h2-11,14-15H,12-13,16H2,1H3,(H,29,31)(H,30,32). The molecule has 0 fully saturated rings. The number of methoxy groups -OCH3 is 1. The summed E-state index contributed by atoms with van der Waals surface area (Å²) >= 11 is 3.40. The van der Waals surface area contributed by atoms with Crippen molar-refractivity contribution in [2.45, 2.75) is 19.4 Å². The number of carbonyl (C=O) groups excluding carboxylic acids is 2. The third-order valence-corrected chi connectivity index (χ3v) is 5.15. The maximum absolute atomic E-state index is 13.6. The molecule has 0 unspecified atom stereocenters. The van der Waals surface area contributed by atoms with Crippen molar-refractivity contribution in [3.63, 3.8) is 0 Å². The minimum absolute atomic E-state index is 0.0733. The average Bonchev–Trinajstić information content (AvgIpc) is 2.84. The summed E-state index contributed by atoms with van der Waals surface area (Å²) in [6.45, 7) is 0.387. The number of hydrogen-bond donors (Lipinski definition) is 2. The van der Waals surface area contributed by atoms with E-state index in [1.807, 2.05) is 24.3 Å². The number of amides is 2. The predicted molar refractivity (Wildman–Crippen MR) is 131 cm³/mol. The lowest BCUT2D eigenvalue weighted by Crippen LogP contribution is -2.21. The van der Waals surface area contributed by atoms with Crippen LogP contribution in [-0.4, -0.2) is 25.1 Å². The third-order valence-electron chi connectivity index (χ3n) is 4.63. The Balaban J connectivity index is 1.46. The van der Waals surface area contributed by atoms with Gasteiger partial charge in [0.05, 0.1) is 19.0 Å². The van der Waals surface area contributed by atoms with Crippen molar-refractivity contribution in [3.8, 4) is 11.5 Å². The van der Waals surface area contributed by atoms with Crippen LogP contribution >= 0.6 is 15.9 Å². The third kappa shape index (κ3) is 7.70. The highest BCUT2D eigenvalue weighted by Gasteiger charge is 2.09. The molecule has 0 aliphatic rings. The summed E-state index contributed by atoms with van der Waals surface area (Å²) in [5.41, 5.74) is 4.14. The molecular formula is C25H23BrFN3O4. The summed E-state index contributed by atoms with van der Waals surface area (Å²) < 4.78 is 25.8. The van der Waals surface area contributed by atoms with Crippen LogP contribution in [0.1, 0.15) is 24.0 Å². The molecule has 0 aliphatic carbocycles. The molecule has 0 radical (unpaired) electrons. The van der Waals surface area contributed by atoms with Crippen molar-refractivity contribution in [1.29, 1.82) is 0 Å². The normalized spacial score (nSPS) is 10.7. The van der Waals surface area contributed by atoms with Gasteiger partial charge in [-0.25, -0.2) is 9.82 Å². The van der Waals surface area contributed by atoms with Crippen molar-refractivity contribution >= 4 is 39.6 Å². The number of ether oxygens (including phenoxy) is 2. The minimum atomic E-state index is -0.537. The molecule has 9 heteroatoms. The number of halogens is 2. The van der Waals surface area contributed by atoms with Crippen LogP contribution in [0.25, 0.3) is 0 Å². The number of benzene rings is 3. The maximum Gasteiger partial charge on any atom is 0.240 e. The van der Waals surface area contributed by atoms with Crippen molar-refractivity contribution in [2.75, 3.05) is 12.4 Å². The molecule has 3 aromatic rings. The second-order valence-corrected chi connectivity index (χ2v) is 8.06. The van der Waals surface area contributed by atoms with Crippen molar-refractivity contribution in [3.05, 3.63) is 88.1 Å². The van der Waals surface area contributed by atoms with E-state index in [1.54, 1.807) is 24.3 Å². The SMILES string of the molecule is COc1cc(C=NNC(=O)CCC(=O)Nc2ccccc2F)ccc1OCc1ccc(Br)cc1. The maximum atomic E-state index is 13.6. The molecule has 3 rings (SSSR count). The predicted octanol–water partition coefficient (Wildman–Crippen LogP) is 5.04. The van der Waals surface area contributed by atoms with Gasteiger partial charge in [0.25, 0.3) is 0 Å². The van der Waals surface area contributed by atoms with E-state index in [0.29, 0.717) is 23.7 Å². The van der Waals surface area contributed by atoms with Crippen LogP contribution in [0.15, 0.2) is 76.3 Å². The molecule has 0 aliphatic heterocycles. The molecule has 0 spiro atoms. The molecule has 0 aromatic heterocycles. The van der Waals surface area contributed by atoms with Crippen molar-refractivity contribution in [1.82, 2.24) is 5.43 Å². The van der Waals surface area contributed by atoms with Gasteiger partial charge in [-0.2, -0.15) is 5.10 Å². The number of hydrazone groups is 1. The van der Waals surface area contributed by atoms with Gasteiger partial charge in [0.2, 0.25) is 11.8 Å². The first-order chi connectivity index (χ1) is 16.4. The highest BCUT2D eigenvalue weighted by Crippen LogP contribution is 2.28. The van der Waals surface area contributed by atoms with E-state index in [9.17, 15) is 14.0 Å². The molecule has 2 amide bonds. The largest absolute Gasteiger partial charge is 0.493 e. The number of nitrogens with zero attached hydrogens (tertiary/aromatic N) is 1. The molecule has 0 saturated carbocycles. The Morgan fingerprint density at radius 2 is 1.74 bits per heavy atom. The van der Waals surface area contributed by atoms with Crippen LogP contribution < -0.4 is 20.2 Å². The Bertz CT molecular complexity index is 1170. The second kappa shape index (κ2) is 12.5.